The SMILES string of the molecule is CCC[C@@H](NC(=O)c1ccc(C)c(F)c1)C(=O)O. The van der Waals surface area contributed by atoms with Gasteiger partial charge >= 0.3 is 5.97 Å². The Hall–Kier alpha value is -1.91. The standard InChI is InChI=1S/C13H16FNO3/c1-3-4-11(13(17)18)15-12(16)9-6-5-8(2)10(14)7-9/h5-7,11H,3-4H2,1-2H3,(H,15,16)(H,17,18)/t11-/m1/s1. The van der Waals surface area contributed by atoms with Gasteiger partial charge in [-0.25, -0.2) is 9.18 Å². The lowest BCUT2D eigenvalue weighted by atomic mass is 10.1. The number of hydrogen-bond acceptors (Lipinski definition) is 2. The molecule has 0 spiro atoms. The van der Waals surface area contributed by atoms with Crippen LogP contribution in [0.15, 0.2) is 18.2 Å². The molecule has 1 aromatic carbocycles. The molecule has 0 aromatic heterocycles. The van der Waals surface area contributed by atoms with E-state index in [-0.39, 0.29) is 5.56 Å². The molecular formula is C13H16FNO3. The van der Waals surface area contributed by atoms with E-state index in [0.29, 0.717) is 18.4 Å². The summed E-state index contributed by atoms with van der Waals surface area (Å²) >= 11 is 0. The van der Waals surface area contributed by atoms with Crippen molar-refractivity contribution in [3.8, 4) is 0 Å². The van der Waals surface area contributed by atoms with E-state index in [2.05, 4.69) is 5.32 Å². The highest BCUT2D eigenvalue weighted by atomic mass is 19.1. The average Bonchev–Trinajstić information content (AvgIpc) is 2.31. The van der Waals surface area contributed by atoms with E-state index in [4.69, 9.17) is 5.11 Å². The maximum atomic E-state index is 13.3. The highest BCUT2D eigenvalue weighted by Gasteiger charge is 2.19. The number of halogens is 1. The zero-order chi connectivity index (χ0) is 13.7. The summed E-state index contributed by atoms with van der Waals surface area (Å²) in [4.78, 5) is 22.6. The third-order valence-corrected chi connectivity index (χ3v) is 2.61. The van der Waals surface area contributed by atoms with Crippen LogP contribution in [0.5, 0.6) is 0 Å². The molecule has 98 valence electrons. The van der Waals surface area contributed by atoms with Crippen LogP contribution in [0.4, 0.5) is 4.39 Å². The second-order valence-corrected chi connectivity index (χ2v) is 4.12. The van der Waals surface area contributed by atoms with Crippen LogP contribution in [0, 0.1) is 12.7 Å². The minimum atomic E-state index is -1.09. The number of benzene rings is 1. The molecule has 0 aliphatic carbocycles. The molecule has 0 unspecified atom stereocenters. The zero-order valence-corrected chi connectivity index (χ0v) is 10.4. The smallest absolute Gasteiger partial charge is 0.326 e. The molecule has 0 radical (unpaired) electrons. The Kier molecular flexibility index (Phi) is 4.83. The van der Waals surface area contributed by atoms with Gasteiger partial charge in [0.1, 0.15) is 11.9 Å². The summed E-state index contributed by atoms with van der Waals surface area (Å²) in [7, 11) is 0. The second-order valence-electron chi connectivity index (χ2n) is 4.12. The third kappa shape index (κ3) is 3.55. The molecule has 1 amide bonds. The van der Waals surface area contributed by atoms with Gasteiger partial charge in [0.2, 0.25) is 0 Å². The Morgan fingerprint density at radius 3 is 2.61 bits per heavy atom. The number of carboxylic acids is 1. The van der Waals surface area contributed by atoms with Gasteiger partial charge in [0, 0.05) is 5.56 Å². The Morgan fingerprint density at radius 2 is 2.11 bits per heavy atom. The van der Waals surface area contributed by atoms with Crippen LogP contribution in [0.25, 0.3) is 0 Å². The maximum absolute atomic E-state index is 13.3. The molecule has 1 rings (SSSR count). The number of nitrogens with one attached hydrogen (secondary N) is 1. The molecule has 1 atom stereocenters. The van der Waals surface area contributed by atoms with Crippen molar-refractivity contribution in [3.05, 3.63) is 35.1 Å². The Labute approximate surface area is 105 Å². The van der Waals surface area contributed by atoms with Crippen LogP contribution in [0.1, 0.15) is 35.7 Å². The number of carbonyl (C=O) groups is 2. The summed E-state index contributed by atoms with van der Waals surface area (Å²) in [6, 6.07) is 3.13. The molecule has 5 heteroatoms. The number of carbonyl (C=O) groups excluding carboxylic acids is 1. The lowest BCUT2D eigenvalue weighted by Crippen LogP contribution is -2.40. The van der Waals surface area contributed by atoms with Crippen molar-refractivity contribution in [2.24, 2.45) is 0 Å². The average molecular weight is 253 g/mol. The predicted octanol–water partition coefficient (Wildman–Crippen LogP) is 2.12. The minimum Gasteiger partial charge on any atom is -0.480 e. The van der Waals surface area contributed by atoms with Crippen molar-refractivity contribution >= 4 is 11.9 Å². The topological polar surface area (TPSA) is 66.4 Å². The second kappa shape index (κ2) is 6.14. The van der Waals surface area contributed by atoms with E-state index in [1.807, 2.05) is 6.92 Å². The van der Waals surface area contributed by atoms with Gasteiger partial charge in [0.25, 0.3) is 5.91 Å². The largest absolute Gasteiger partial charge is 0.480 e. The molecule has 0 saturated heterocycles. The zero-order valence-electron chi connectivity index (χ0n) is 10.4. The van der Waals surface area contributed by atoms with Crippen LogP contribution >= 0.6 is 0 Å². The summed E-state index contributed by atoms with van der Waals surface area (Å²) in [6.07, 6.45) is 0.981. The van der Waals surface area contributed by atoms with Crippen molar-refractivity contribution in [3.63, 3.8) is 0 Å². The number of aryl methyl sites for hydroxylation is 1. The molecule has 0 aliphatic rings. The molecule has 0 saturated carbocycles. The number of rotatable bonds is 5. The summed E-state index contributed by atoms with van der Waals surface area (Å²) in [6.45, 7) is 3.42. The number of carboxylic acid groups (broad SMARTS) is 1. The highest BCUT2D eigenvalue weighted by molar-refractivity contribution is 5.96. The van der Waals surface area contributed by atoms with Crippen molar-refractivity contribution in [1.29, 1.82) is 0 Å². The first-order chi connectivity index (χ1) is 8.45. The Bertz CT molecular complexity index is 460. The summed E-state index contributed by atoms with van der Waals surface area (Å²) in [5, 5.41) is 11.3. The molecule has 0 heterocycles. The van der Waals surface area contributed by atoms with Crippen molar-refractivity contribution in [1.82, 2.24) is 5.32 Å². The van der Waals surface area contributed by atoms with Crippen molar-refractivity contribution in [2.75, 3.05) is 0 Å². The molecule has 1 aromatic rings. The van der Waals surface area contributed by atoms with Gasteiger partial charge in [-0.05, 0) is 31.0 Å². The molecular weight excluding hydrogens is 237 g/mol. The van der Waals surface area contributed by atoms with E-state index < -0.39 is 23.7 Å². The van der Waals surface area contributed by atoms with Crippen LogP contribution < -0.4 is 5.32 Å². The number of aliphatic carboxylic acids is 1. The molecule has 0 bridgehead atoms. The third-order valence-electron chi connectivity index (χ3n) is 2.61. The molecule has 2 N–H and O–H groups in total. The van der Waals surface area contributed by atoms with E-state index in [9.17, 15) is 14.0 Å². The van der Waals surface area contributed by atoms with E-state index >= 15 is 0 Å². The van der Waals surface area contributed by atoms with Gasteiger partial charge in [-0.3, -0.25) is 4.79 Å². The monoisotopic (exact) mass is 253 g/mol. The van der Waals surface area contributed by atoms with Gasteiger partial charge in [-0.2, -0.15) is 0 Å². The summed E-state index contributed by atoms with van der Waals surface area (Å²) < 4.78 is 13.3. The lowest BCUT2D eigenvalue weighted by molar-refractivity contribution is -0.139. The fourth-order valence-corrected chi connectivity index (χ4v) is 1.52. The number of hydrogen-bond donors (Lipinski definition) is 2. The van der Waals surface area contributed by atoms with E-state index in [1.165, 1.54) is 12.1 Å². The highest BCUT2D eigenvalue weighted by Crippen LogP contribution is 2.09. The van der Waals surface area contributed by atoms with Gasteiger partial charge in [0.15, 0.2) is 0 Å². The van der Waals surface area contributed by atoms with Gasteiger partial charge < -0.3 is 10.4 Å². The van der Waals surface area contributed by atoms with Gasteiger partial charge in [-0.1, -0.05) is 19.4 Å². The Balaban J connectivity index is 2.80. The molecule has 0 fully saturated rings. The fourth-order valence-electron chi connectivity index (χ4n) is 1.52. The van der Waals surface area contributed by atoms with Crippen molar-refractivity contribution in [2.45, 2.75) is 32.7 Å². The van der Waals surface area contributed by atoms with Crippen LogP contribution in [-0.4, -0.2) is 23.0 Å². The predicted molar refractivity (Wildman–Crippen MR) is 64.9 cm³/mol. The van der Waals surface area contributed by atoms with Crippen LogP contribution in [0.3, 0.4) is 0 Å². The minimum absolute atomic E-state index is 0.125. The molecule has 4 nitrogen and oxygen atoms in total. The normalized spacial score (nSPS) is 11.9. The van der Waals surface area contributed by atoms with E-state index in [1.54, 1.807) is 6.92 Å². The van der Waals surface area contributed by atoms with Crippen molar-refractivity contribution < 1.29 is 19.1 Å². The fraction of sp³-hybridized carbons (Fsp3) is 0.385. The summed E-state index contributed by atoms with van der Waals surface area (Å²) in [5.74, 6) is -2.14. The van der Waals surface area contributed by atoms with E-state index in [0.717, 1.165) is 6.07 Å². The molecule has 0 aliphatic heterocycles. The first kappa shape index (κ1) is 14.2. The first-order valence-corrected chi connectivity index (χ1v) is 5.75. The number of amides is 1. The van der Waals surface area contributed by atoms with Crippen LogP contribution in [0.2, 0.25) is 0 Å². The first-order valence-electron chi connectivity index (χ1n) is 5.75. The quantitative estimate of drug-likeness (QED) is 0.844. The van der Waals surface area contributed by atoms with Gasteiger partial charge in [-0.15, -0.1) is 0 Å². The van der Waals surface area contributed by atoms with Gasteiger partial charge in [0.05, 0.1) is 0 Å². The Morgan fingerprint density at radius 1 is 1.44 bits per heavy atom. The molecule has 18 heavy (non-hydrogen) atoms. The maximum Gasteiger partial charge on any atom is 0.326 e. The lowest BCUT2D eigenvalue weighted by Gasteiger charge is -2.13. The summed E-state index contributed by atoms with van der Waals surface area (Å²) in [5.41, 5.74) is 0.565. The van der Waals surface area contributed by atoms with Crippen LogP contribution in [-0.2, 0) is 4.79 Å².